The summed E-state index contributed by atoms with van der Waals surface area (Å²) in [6.45, 7) is 4.10. The van der Waals surface area contributed by atoms with E-state index in [0.717, 1.165) is 17.9 Å². The first kappa shape index (κ1) is 14.1. The number of para-hydroxylation sites is 1. The van der Waals surface area contributed by atoms with Crippen molar-refractivity contribution >= 4 is 11.6 Å². The number of anilines is 1. The van der Waals surface area contributed by atoms with Crippen molar-refractivity contribution < 1.29 is 9.53 Å². The summed E-state index contributed by atoms with van der Waals surface area (Å²) in [4.78, 5) is 12.1. The van der Waals surface area contributed by atoms with Crippen molar-refractivity contribution in [3.05, 3.63) is 60.2 Å². The highest BCUT2D eigenvalue weighted by Gasteiger charge is 2.07. The van der Waals surface area contributed by atoms with Crippen LogP contribution >= 0.6 is 0 Å². The second-order valence-corrected chi connectivity index (χ2v) is 4.68. The Kier molecular flexibility index (Phi) is 4.77. The van der Waals surface area contributed by atoms with Crippen molar-refractivity contribution in [1.29, 1.82) is 0 Å². The van der Waals surface area contributed by atoms with Crippen LogP contribution in [-0.4, -0.2) is 12.0 Å². The van der Waals surface area contributed by atoms with Crippen LogP contribution in [0.25, 0.3) is 0 Å². The molecular formula is C17H19NO2. The lowest BCUT2D eigenvalue weighted by atomic mass is 10.2. The maximum Gasteiger partial charge on any atom is 0.255 e. The van der Waals surface area contributed by atoms with Gasteiger partial charge < -0.3 is 10.1 Å². The third-order valence-electron chi connectivity index (χ3n) is 3.06. The number of rotatable bonds is 5. The van der Waals surface area contributed by atoms with E-state index in [1.165, 1.54) is 0 Å². The van der Waals surface area contributed by atoms with Crippen LogP contribution in [0.15, 0.2) is 54.6 Å². The van der Waals surface area contributed by atoms with Gasteiger partial charge in [0, 0.05) is 11.3 Å². The molecule has 0 radical (unpaired) electrons. The molecule has 0 unspecified atom stereocenters. The first-order valence-electron chi connectivity index (χ1n) is 6.82. The zero-order valence-electron chi connectivity index (χ0n) is 11.8. The van der Waals surface area contributed by atoms with Crippen molar-refractivity contribution in [3.8, 4) is 5.75 Å². The number of ether oxygens (including phenoxy) is 1. The molecule has 0 saturated heterocycles. The third kappa shape index (κ3) is 3.85. The molecule has 0 spiro atoms. The van der Waals surface area contributed by atoms with Crippen LogP contribution in [0, 0.1) is 0 Å². The van der Waals surface area contributed by atoms with Crippen LogP contribution in [-0.2, 0) is 0 Å². The Morgan fingerprint density at radius 3 is 2.35 bits per heavy atom. The third-order valence-corrected chi connectivity index (χ3v) is 3.06. The van der Waals surface area contributed by atoms with Crippen molar-refractivity contribution in [1.82, 2.24) is 0 Å². The molecule has 1 N–H and O–H groups in total. The molecule has 0 aliphatic carbocycles. The SMILES string of the molecule is CC[C@@H](C)Oc1ccc(C(=O)Nc2ccccc2)cc1. The van der Waals surface area contributed by atoms with E-state index in [2.05, 4.69) is 12.2 Å². The molecule has 2 rings (SSSR count). The summed E-state index contributed by atoms with van der Waals surface area (Å²) in [5.41, 5.74) is 1.41. The van der Waals surface area contributed by atoms with Gasteiger partial charge in [-0.1, -0.05) is 25.1 Å². The predicted molar refractivity (Wildman–Crippen MR) is 81.2 cm³/mol. The lowest BCUT2D eigenvalue weighted by Crippen LogP contribution is -2.12. The number of benzene rings is 2. The summed E-state index contributed by atoms with van der Waals surface area (Å²) in [6, 6.07) is 16.6. The molecule has 0 aliphatic rings. The highest BCUT2D eigenvalue weighted by molar-refractivity contribution is 6.04. The second kappa shape index (κ2) is 6.75. The Bertz CT molecular complexity index is 549. The van der Waals surface area contributed by atoms with Gasteiger partial charge in [-0.2, -0.15) is 0 Å². The molecule has 0 bridgehead atoms. The molecule has 1 atom stereocenters. The molecule has 0 fully saturated rings. The van der Waals surface area contributed by atoms with E-state index >= 15 is 0 Å². The minimum Gasteiger partial charge on any atom is -0.491 e. The number of hydrogen-bond acceptors (Lipinski definition) is 2. The predicted octanol–water partition coefficient (Wildman–Crippen LogP) is 4.12. The van der Waals surface area contributed by atoms with Crippen LogP contribution < -0.4 is 10.1 Å². The summed E-state index contributed by atoms with van der Waals surface area (Å²) < 4.78 is 5.68. The fourth-order valence-corrected chi connectivity index (χ4v) is 1.73. The monoisotopic (exact) mass is 269 g/mol. The Labute approximate surface area is 119 Å². The molecule has 0 saturated carbocycles. The van der Waals surface area contributed by atoms with Crippen molar-refractivity contribution in [2.45, 2.75) is 26.4 Å². The molecule has 3 heteroatoms. The van der Waals surface area contributed by atoms with E-state index in [9.17, 15) is 4.79 Å². The average Bonchev–Trinajstić information content (AvgIpc) is 2.49. The van der Waals surface area contributed by atoms with E-state index < -0.39 is 0 Å². The minimum atomic E-state index is -0.119. The summed E-state index contributed by atoms with van der Waals surface area (Å²) in [5.74, 6) is 0.668. The van der Waals surface area contributed by atoms with Gasteiger partial charge in [-0.25, -0.2) is 0 Å². The maximum absolute atomic E-state index is 12.1. The largest absolute Gasteiger partial charge is 0.491 e. The van der Waals surface area contributed by atoms with Gasteiger partial charge in [-0.3, -0.25) is 4.79 Å². The Morgan fingerprint density at radius 2 is 1.75 bits per heavy atom. The van der Waals surface area contributed by atoms with Gasteiger partial charge in [0.2, 0.25) is 0 Å². The van der Waals surface area contributed by atoms with Crippen molar-refractivity contribution in [3.63, 3.8) is 0 Å². The summed E-state index contributed by atoms with van der Waals surface area (Å²) in [6.07, 6.45) is 1.13. The van der Waals surface area contributed by atoms with E-state index in [-0.39, 0.29) is 12.0 Å². The van der Waals surface area contributed by atoms with Gasteiger partial charge in [0.25, 0.3) is 5.91 Å². The fraction of sp³-hybridized carbons (Fsp3) is 0.235. The van der Waals surface area contributed by atoms with Crippen LogP contribution in [0.1, 0.15) is 30.6 Å². The first-order chi connectivity index (χ1) is 9.69. The second-order valence-electron chi connectivity index (χ2n) is 4.68. The first-order valence-corrected chi connectivity index (χ1v) is 6.82. The molecule has 2 aromatic carbocycles. The molecule has 2 aromatic rings. The molecule has 20 heavy (non-hydrogen) atoms. The number of carbonyl (C=O) groups excluding carboxylic acids is 1. The Morgan fingerprint density at radius 1 is 1.10 bits per heavy atom. The number of amides is 1. The Hall–Kier alpha value is -2.29. The highest BCUT2D eigenvalue weighted by atomic mass is 16.5. The number of carbonyl (C=O) groups is 1. The number of nitrogens with one attached hydrogen (secondary N) is 1. The van der Waals surface area contributed by atoms with Gasteiger partial charge in [0.15, 0.2) is 0 Å². The average molecular weight is 269 g/mol. The topological polar surface area (TPSA) is 38.3 Å². The Balaban J connectivity index is 2.01. The molecule has 0 aliphatic heterocycles. The number of hydrogen-bond donors (Lipinski definition) is 1. The zero-order chi connectivity index (χ0) is 14.4. The highest BCUT2D eigenvalue weighted by Crippen LogP contribution is 2.16. The van der Waals surface area contributed by atoms with Crippen LogP contribution in [0.5, 0.6) is 5.75 Å². The van der Waals surface area contributed by atoms with Gasteiger partial charge in [-0.15, -0.1) is 0 Å². The quantitative estimate of drug-likeness (QED) is 0.886. The fourth-order valence-electron chi connectivity index (χ4n) is 1.73. The maximum atomic E-state index is 12.1. The van der Waals surface area contributed by atoms with Gasteiger partial charge in [0.05, 0.1) is 6.10 Å². The van der Waals surface area contributed by atoms with Crippen molar-refractivity contribution in [2.75, 3.05) is 5.32 Å². The molecule has 1 amide bonds. The lowest BCUT2D eigenvalue weighted by Gasteiger charge is -2.12. The van der Waals surface area contributed by atoms with E-state index in [4.69, 9.17) is 4.74 Å². The lowest BCUT2D eigenvalue weighted by molar-refractivity contribution is 0.102. The van der Waals surface area contributed by atoms with E-state index in [1.807, 2.05) is 49.4 Å². The molecule has 0 heterocycles. The van der Waals surface area contributed by atoms with Gasteiger partial charge >= 0.3 is 0 Å². The van der Waals surface area contributed by atoms with Crippen LogP contribution in [0.3, 0.4) is 0 Å². The van der Waals surface area contributed by atoms with Crippen molar-refractivity contribution in [2.24, 2.45) is 0 Å². The van der Waals surface area contributed by atoms with Crippen LogP contribution in [0.4, 0.5) is 5.69 Å². The van der Waals surface area contributed by atoms with Crippen LogP contribution in [0.2, 0.25) is 0 Å². The molecule has 104 valence electrons. The van der Waals surface area contributed by atoms with E-state index in [1.54, 1.807) is 12.1 Å². The van der Waals surface area contributed by atoms with E-state index in [0.29, 0.717) is 5.56 Å². The standard InChI is InChI=1S/C17H19NO2/c1-3-13(2)20-16-11-9-14(10-12-16)17(19)18-15-7-5-4-6-8-15/h4-13H,3H2,1-2H3,(H,18,19)/t13-/m1/s1. The summed E-state index contributed by atoms with van der Waals surface area (Å²) >= 11 is 0. The van der Waals surface area contributed by atoms with Gasteiger partial charge in [0.1, 0.15) is 5.75 Å². The minimum absolute atomic E-state index is 0.119. The molecule has 3 nitrogen and oxygen atoms in total. The molecule has 0 aromatic heterocycles. The smallest absolute Gasteiger partial charge is 0.255 e. The normalized spacial score (nSPS) is 11.7. The summed E-state index contributed by atoms with van der Waals surface area (Å²) in [5, 5.41) is 2.85. The molecular weight excluding hydrogens is 250 g/mol. The van der Waals surface area contributed by atoms with Gasteiger partial charge in [-0.05, 0) is 49.7 Å². The summed E-state index contributed by atoms with van der Waals surface area (Å²) in [7, 11) is 0. The zero-order valence-corrected chi connectivity index (χ0v) is 11.8.